The summed E-state index contributed by atoms with van der Waals surface area (Å²) in [7, 11) is 0. The number of hydrogen-bond acceptors (Lipinski definition) is 1. The van der Waals surface area contributed by atoms with Crippen molar-refractivity contribution in [2.24, 2.45) is 5.92 Å². The Balaban J connectivity index is 1.78. The Morgan fingerprint density at radius 3 is 2.55 bits per heavy atom. The van der Waals surface area contributed by atoms with Gasteiger partial charge in [-0.2, -0.15) is 13.2 Å². The molecular weight excluding hydrogens is 384 g/mol. The third-order valence-corrected chi connectivity index (χ3v) is 5.35. The normalized spacial score (nSPS) is 14.4. The summed E-state index contributed by atoms with van der Waals surface area (Å²) in [4.78, 5) is 17.1. The van der Waals surface area contributed by atoms with Gasteiger partial charge in [0.15, 0.2) is 0 Å². The molecule has 1 fully saturated rings. The highest BCUT2D eigenvalue weighted by Gasteiger charge is 2.33. The van der Waals surface area contributed by atoms with Gasteiger partial charge in [0.05, 0.1) is 5.56 Å². The number of amides is 1. The van der Waals surface area contributed by atoms with Gasteiger partial charge in [0, 0.05) is 41.7 Å². The van der Waals surface area contributed by atoms with Crippen LogP contribution >= 0.6 is 0 Å². The van der Waals surface area contributed by atoms with E-state index >= 15 is 0 Å². The van der Waals surface area contributed by atoms with Gasteiger partial charge in [-0.05, 0) is 61.2 Å². The van der Waals surface area contributed by atoms with Crippen LogP contribution in [0, 0.1) is 11.7 Å². The van der Waals surface area contributed by atoms with Gasteiger partial charge in [-0.3, -0.25) is 4.79 Å². The predicted molar refractivity (Wildman–Crippen MR) is 103 cm³/mol. The third kappa shape index (κ3) is 3.86. The van der Waals surface area contributed by atoms with Crippen molar-refractivity contribution >= 4 is 16.8 Å². The van der Waals surface area contributed by atoms with Gasteiger partial charge in [0.25, 0.3) is 0 Å². The Hall–Kier alpha value is -2.83. The van der Waals surface area contributed by atoms with E-state index in [9.17, 15) is 22.4 Å². The number of hydrogen-bond donors (Lipinski definition) is 1. The molecule has 1 saturated carbocycles. The van der Waals surface area contributed by atoms with Crippen molar-refractivity contribution in [2.75, 3.05) is 6.54 Å². The second kappa shape index (κ2) is 7.21. The van der Waals surface area contributed by atoms with Crippen LogP contribution in [-0.4, -0.2) is 22.3 Å². The van der Waals surface area contributed by atoms with E-state index in [1.165, 1.54) is 18.2 Å². The summed E-state index contributed by atoms with van der Waals surface area (Å²) in [6.45, 7) is 2.56. The molecule has 2 aromatic carbocycles. The van der Waals surface area contributed by atoms with E-state index in [4.69, 9.17) is 0 Å². The largest absolute Gasteiger partial charge is 0.416 e. The maximum absolute atomic E-state index is 14.0. The van der Waals surface area contributed by atoms with Crippen LogP contribution in [0.4, 0.5) is 17.6 Å². The van der Waals surface area contributed by atoms with Crippen LogP contribution in [0.15, 0.2) is 42.6 Å². The molecule has 7 heteroatoms. The molecule has 1 aliphatic carbocycles. The van der Waals surface area contributed by atoms with Crippen molar-refractivity contribution in [1.29, 1.82) is 0 Å². The van der Waals surface area contributed by atoms with E-state index in [0.717, 1.165) is 25.0 Å². The third-order valence-electron chi connectivity index (χ3n) is 5.35. The molecule has 1 aromatic heterocycles. The Labute approximate surface area is 165 Å². The zero-order chi connectivity index (χ0) is 20.8. The molecule has 0 bridgehead atoms. The number of aromatic nitrogens is 1. The Morgan fingerprint density at radius 1 is 1.14 bits per heavy atom. The van der Waals surface area contributed by atoms with E-state index in [2.05, 4.69) is 4.98 Å². The second-order valence-electron chi connectivity index (χ2n) is 7.39. The van der Waals surface area contributed by atoms with Gasteiger partial charge >= 0.3 is 6.18 Å². The molecule has 1 N–H and O–H groups in total. The minimum absolute atomic E-state index is 0.0365. The fourth-order valence-electron chi connectivity index (χ4n) is 3.62. The van der Waals surface area contributed by atoms with Crippen molar-refractivity contribution in [3.05, 3.63) is 59.5 Å². The van der Waals surface area contributed by atoms with Crippen LogP contribution in [0.25, 0.3) is 22.0 Å². The first kappa shape index (κ1) is 19.5. The number of aromatic amines is 1. The van der Waals surface area contributed by atoms with E-state index in [1.807, 2.05) is 6.92 Å². The number of nitrogens with one attached hydrogen (secondary N) is 1. The van der Waals surface area contributed by atoms with Gasteiger partial charge in [0.1, 0.15) is 5.82 Å². The Kier molecular flexibility index (Phi) is 4.84. The lowest BCUT2D eigenvalue weighted by Gasteiger charge is -2.22. The topological polar surface area (TPSA) is 36.1 Å². The molecule has 0 atom stereocenters. The van der Waals surface area contributed by atoms with Gasteiger partial charge in [-0.15, -0.1) is 0 Å². The Bertz CT molecular complexity index is 1070. The van der Waals surface area contributed by atoms with Gasteiger partial charge in [-0.1, -0.05) is 6.07 Å². The highest BCUT2D eigenvalue weighted by atomic mass is 19.4. The molecule has 0 unspecified atom stereocenters. The number of benzene rings is 2. The average molecular weight is 404 g/mol. The molecule has 0 aliphatic heterocycles. The summed E-state index contributed by atoms with van der Waals surface area (Å²) in [5.74, 6) is -0.370. The van der Waals surface area contributed by atoms with Crippen molar-refractivity contribution in [3.63, 3.8) is 0 Å². The first-order valence-corrected chi connectivity index (χ1v) is 9.54. The zero-order valence-electron chi connectivity index (χ0n) is 15.8. The number of H-pyrrole nitrogens is 1. The maximum Gasteiger partial charge on any atom is 0.416 e. The lowest BCUT2D eigenvalue weighted by atomic mass is 9.97. The zero-order valence-corrected chi connectivity index (χ0v) is 15.8. The van der Waals surface area contributed by atoms with E-state index < -0.39 is 17.6 Å². The number of alkyl halides is 3. The molecule has 3 nitrogen and oxygen atoms in total. The number of carbonyl (C=O) groups is 1. The molecule has 29 heavy (non-hydrogen) atoms. The monoisotopic (exact) mass is 404 g/mol. The minimum atomic E-state index is -4.45. The van der Waals surface area contributed by atoms with Crippen molar-refractivity contribution in [2.45, 2.75) is 32.5 Å². The lowest BCUT2D eigenvalue weighted by molar-refractivity contribution is -0.137. The van der Waals surface area contributed by atoms with Gasteiger partial charge in [0.2, 0.25) is 5.91 Å². The fraction of sp³-hybridized carbons (Fsp3) is 0.318. The molecule has 0 saturated heterocycles. The van der Waals surface area contributed by atoms with Crippen LogP contribution < -0.4 is 0 Å². The first-order valence-electron chi connectivity index (χ1n) is 9.54. The first-order chi connectivity index (χ1) is 13.8. The molecule has 1 heterocycles. The van der Waals surface area contributed by atoms with E-state index in [0.29, 0.717) is 34.1 Å². The lowest BCUT2D eigenvalue weighted by Crippen LogP contribution is -2.31. The molecule has 0 radical (unpaired) electrons. The summed E-state index contributed by atoms with van der Waals surface area (Å²) in [5, 5.41) is 0.407. The molecule has 0 spiro atoms. The summed E-state index contributed by atoms with van der Waals surface area (Å²) in [6, 6.07) is 7.71. The molecule has 1 amide bonds. The van der Waals surface area contributed by atoms with E-state index in [1.54, 1.807) is 17.2 Å². The fourth-order valence-corrected chi connectivity index (χ4v) is 3.62. The van der Waals surface area contributed by atoms with E-state index in [-0.39, 0.29) is 18.4 Å². The molecule has 1 aliphatic rings. The maximum atomic E-state index is 14.0. The smallest absolute Gasteiger partial charge is 0.361 e. The Morgan fingerprint density at radius 2 is 1.90 bits per heavy atom. The number of carbonyl (C=O) groups excluding carboxylic acids is 1. The predicted octanol–water partition coefficient (Wildman–Crippen LogP) is 5.75. The summed E-state index contributed by atoms with van der Waals surface area (Å²) in [5.41, 5.74) is 1.55. The second-order valence-corrected chi connectivity index (χ2v) is 7.39. The molecular formula is C22H20F4N2O. The minimum Gasteiger partial charge on any atom is -0.361 e. The standard InChI is InChI=1S/C22H20F4N2O/c1-2-28(21(29)13-3-4-13)12-14-9-16(23)6-7-17(14)19-11-27-20-8-5-15(10-18(19)20)22(24,25)26/h5-11,13,27H,2-4,12H2,1H3. The van der Waals surface area contributed by atoms with Crippen molar-refractivity contribution in [1.82, 2.24) is 9.88 Å². The van der Waals surface area contributed by atoms with Crippen LogP contribution in [-0.2, 0) is 17.5 Å². The quantitative estimate of drug-likeness (QED) is 0.540. The van der Waals surface area contributed by atoms with Gasteiger partial charge in [-0.25, -0.2) is 4.39 Å². The van der Waals surface area contributed by atoms with Crippen LogP contribution in [0.3, 0.4) is 0 Å². The molecule has 3 aromatic rings. The van der Waals surface area contributed by atoms with Crippen LogP contribution in [0.1, 0.15) is 30.9 Å². The van der Waals surface area contributed by atoms with Gasteiger partial charge < -0.3 is 9.88 Å². The van der Waals surface area contributed by atoms with Crippen LogP contribution in [0.5, 0.6) is 0 Å². The summed E-state index contributed by atoms with van der Waals surface area (Å²) in [6.07, 6.45) is -1.09. The highest BCUT2D eigenvalue weighted by molar-refractivity contribution is 5.96. The molecule has 152 valence electrons. The summed E-state index contributed by atoms with van der Waals surface area (Å²) < 4.78 is 53.5. The molecule has 4 rings (SSSR count). The number of nitrogens with zero attached hydrogens (tertiary/aromatic N) is 1. The number of halogens is 4. The SMILES string of the molecule is CCN(Cc1cc(F)ccc1-c1c[nH]c2ccc(C(F)(F)F)cc12)C(=O)C1CC1. The number of rotatable bonds is 5. The average Bonchev–Trinajstić information content (AvgIpc) is 3.44. The van der Waals surface area contributed by atoms with Crippen molar-refractivity contribution in [3.8, 4) is 11.1 Å². The highest BCUT2D eigenvalue weighted by Crippen LogP contribution is 2.37. The number of fused-ring (bicyclic) bond motifs is 1. The van der Waals surface area contributed by atoms with Crippen LogP contribution in [0.2, 0.25) is 0 Å². The van der Waals surface area contributed by atoms with Crippen molar-refractivity contribution < 1.29 is 22.4 Å². The summed E-state index contributed by atoms with van der Waals surface area (Å²) >= 11 is 0.